The summed E-state index contributed by atoms with van der Waals surface area (Å²) in [6, 6.07) is 12.0. The minimum absolute atomic E-state index is 0.297. The van der Waals surface area contributed by atoms with Crippen molar-refractivity contribution < 1.29 is 9.13 Å². The van der Waals surface area contributed by atoms with Gasteiger partial charge in [-0.15, -0.1) is 0 Å². The quantitative estimate of drug-likeness (QED) is 0.807. The first-order valence-corrected chi connectivity index (χ1v) is 6.43. The number of nitrogen functional groups attached to an aromatic ring is 1. The van der Waals surface area contributed by atoms with Crippen LogP contribution in [-0.2, 0) is 0 Å². The second-order valence-electron chi connectivity index (χ2n) is 4.66. The second kappa shape index (κ2) is 5.74. The predicted molar refractivity (Wildman–Crippen MR) is 76.0 cm³/mol. The minimum atomic E-state index is -0.364. The summed E-state index contributed by atoms with van der Waals surface area (Å²) in [7, 11) is 0. The van der Waals surface area contributed by atoms with Crippen molar-refractivity contribution in [1.82, 2.24) is 0 Å². The standard InChI is InChI=1S/C16H18FNO/c1-3-11(2)12-4-7-14(8-5-12)19-16-9-6-13(17)10-15(16)18/h4-11H,3,18H2,1-2H3/t11-/m1/s1. The van der Waals surface area contributed by atoms with Gasteiger partial charge in [-0.2, -0.15) is 0 Å². The molecule has 0 spiro atoms. The molecule has 3 heteroatoms. The minimum Gasteiger partial charge on any atom is -0.455 e. The van der Waals surface area contributed by atoms with Crippen molar-refractivity contribution in [2.75, 3.05) is 5.73 Å². The monoisotopic (exact) mass is 259 g/mol. The zero-order chi connectivity index (χ0) is 13.8. The van der Waals surface area contributed by atoms with E-state index >= 15 is 0 Å². The van der Waals surface area contributed by atoms with E-state index in [1.165, 1.54) is 23.8 Å². The zero-order valence-corrected chi connectivity index (χ0v) is 11.2. The van der Waals surface area contributed by atoms with Crippen LogP contribution in [0.25, 0.3) is 0 Å². The predicted octanol–water partition coefficient (Wildman–Crippen LogP) is 4.71. The molecule has 1 atom stereocenters. The highest BCUT2D eigenvalue weighted by Gasteiger charge is 2.05. The van der Waals surface area contributed by atoms with Gasteiger partial charge in [0.25, 0.3) is 0 Å². The van der Waals surface area contributed by atoms with Crippen molar-refractivity contribution in [3.05, 3.63) is 53.8 Å². The first kappa shape index (κ1) is 13.4. The summed E-state index contributed by atoms with van der Waals surface area (Å²) < 4.78 is 18.6. The number of nitrogens with two attached hydrogens (primary N) is 1. The first-order chi connectivity index (χ1) is 9.10. The zero-order valence-electron chi connectivity index (χ0n) is 11.2. The van der Waals surface area contributed by atoms with Gasteiger partial charge >= 0.3 is 0 Å². The van der Waals surface area contributed by atoms with E-state index in [9.17, 15) is 4.39 Å². The van der Waals surface area contributed by atoms with E-state index in [1.807, 2.05) is 24.3 Å². The molecular formula is C16H18FNO. The van der Waals surface area contributed by atoms with E-state index in [4.69, 9.17) is 10.5 Å². The molecule has 2 rings (SSSR count). The Balaban J connectivity index is 2.15. The molecule has 0 aliphatic carbocycles. The molecule has 19 heavy (non-hydrogen) atoms. The fourth-order valence-electron chi connectivity index (χ4n) is 1.84. The van der Waals surface area contributed by atoms with Crippen molar-refractivity contribution >= 4 is 5.69 Å². The fraction of sp³-hybridized carbons (Fsp3) is 0.250. The van der Waals surface area contributed by atoms with Crippen molar-refractivity contribution in [3.8, 4) is 11.5 Å². The molecular weight excluding hydrogens is 241 g/mol. The Morgan fingerprint density at radius 2 is 1.84 bits per heavy atom. The number of hydrogen-bond donors (Lipinski definition) is 1. The molecule has 100 valence electrons. The van der Waals surface area contributed by atoms with Crippen LogP contribution < -0.4 is 10.5 Å². The van der Waals surface area contributed by atoms with Crippen LogP contribution in [0.3, 0.4) is 0 Å². The van der Waals surface area contributed by atoms with E-state index in [0.29, 0.717) is 23.1 Å². The fourth-order valence-corrected chi connectivity index (χ4v) is 1.84. The van der Waals surface area contributed by atoms with Gasteiger partial charge in [0, 0.05) is 6.07 Å². The molecule has 2 aromatic rings. The number of benzene rings is 2. The average molecular weight is 259 g/mol. The van der Waals surface area contributed by atoms with Gasteiger partial charge in [0.1, 0.15) is 11.6 Å². The van der Waals surface area contributed by atoms with Gasteiger partial charge < -0.3 is 10.5 Å². The van der Waals surface area contributed by atoms with Crippen molar-refractivity contribution in [2.24, 2.45) is 0 Å². The number of hydrogen-bond acceptors (Lipinski definition) is 2. The highest BCUT2D eigenvalue weighted by atomic mass is 19.1. The molecule has 0 unspecified atom stereocenters. The summed E-state index contributed by atoms with van der Waals surface area (Å²) in [6.07, 6.45) is 1.10. The molecule has 0 aromatic heterocycles. The molecule has 0 saturated carbocycles. The number of rotatable bonds is 4. The summed E-state index contributed by atoms with van der Waals surface area (Å²) in [5.41, 5.74) is 7.28. The highest BCUT2D eigenvalue weighted by Crippen LogP contribution is 2.29. The SMILES string of the molecule is CC[C@@H](C)c1ccc(Oc2ccc(F)cc2N)cc1. The molecule has 2 N–H and O–H groups in total. The van der Waals surface area contributed by atoms with Gasteiger partial charge in [-0.3, -0.25) is 0 Å². The molecule has 0 bridgehead atoms. The number of halogens is 1. The molecule has 0 amide bonds. The average Bonchev–Trinajstić information content (AvgIpc) is 2.42. The lowest BCUT2D eigenvalue weighted by Gasteiger charge is -2.11. The van der Waals surface area contributed by atoms with E-state index < -0.39 is 0 Å². The molecule has 0 aliphatic heterocycles. The third-order valence-electron chi connectivity index (χ3n) is 3.26. The Morgan fingerprint density at radius 1 is 1.16 bits per heavy atom. The molecule has 0 aliphatic rings. The van der Waals surface area contributed by atoms with Crippen molar-refractivity contribution in [1.29, 1.82) is 0 Å². The lowest BCUT2D eigenvalue weighted by molar-refractivity contribution is 0.482. The molecule has 0 heterocycles. The van der Waals surface area contributed by atoms with Gasteiger partial charge in [0.15, 0.2) is 5.75 Å². The summed E-state index contributed by atoms with van der Waals surface area (Å²) >= 11 is 0. The Bertz CT molecular complexity index is 551. The van der Waals surface area contributed by atoms with Gasteiger partial charge in [-0.05, 0) is 42.2 Å². The Kier molecular flexibility index (Phi) is 4.05. The van der Waals surface area contributed by atoms with Crippen molar-refractivity contribution in [2.45, 2.75) is 26.2 Å². The van der Waals surface area contributed by atoms with Gasteiger partial charge in [-0.25, -0.2) is 4.39 Å². The lowest BCUT2D eigenvalue weighted by Crippen LogP contribution is -1.94. The van der Waals surface area contributed by atoms with Crippen molar-refractivity contribution in [3.63, 3.8) is 0 Å². The largest absolute Gasteiger partial charge is 0.455 e. The third kappa shape index (κ3) is 3.25. The maximum Gasteiger partial charge on any atom is 0.150 e. The Hall–Kier alpha value is -2.03. The summed E-state index contributed by atoms with van der Waals surface area (Å²) in [5.74, 6) is 1.34. The number of anilines is 1. The van der Waals surface area contributed by atoms with Gasteiger partial charge in [0.2, 0.25) is 0 Å². The molecule has 2 nitrogen and oxygen atoms in total. The second-order valence-corrected chi connectivity index (χ2v) is 4.66. The van der Waals surface area contributed by atoms with Crippen LogP contribution in [0.15, 0.2) is 42.5 Å². The van der Waals surface area contributed by atoms with E-state index in [-0.39, 0.29) is 5.82 Å². The normalized spacial score (nSPS) is 12.2. The third-order valence-corrected chi connectivity index (χ3v) is 3.26. The van der Waals surface area contributed by atoms with E-state index in [2.05, 4.69) is 13.8 Å². The lowest BCUT2D eigenvalue weighted by atomic mass is 9.99. The van der Waals surface area contributed by atoms with Crippen LogP contribution >= 0.6 is 0 Å². The summed E-state index contributed by atoms with van der Waals surface area (Å²) in [5, 5.41) is 0. The maximum absolute atomic E-state index is 12.9. The van der Waals surface area contributed by atoms with Crippen LogP contribution in [-0.4, -0.2) is 0 Å². The van der Waals surface area contributed by atoms with Crippen LogP contribution in [0, 0.1) is 5.82 Å². The Labute approximate surface area is 113 Å². The molecule has 0 fully saturated rings. The van der Waals surface area contributed by atoms with Gasteiger partial charge in [-0.1, -0.05) is 26.0 Å². The summed E-state index contributed by atoms with van der Waals surface area (Å²) in [6.45, 7) is 4.35. The van der Waals surface area contributed by atoms with Crippen LogP contribution in [0.5, 0.6) is 11.5 Å². The van der Waals surface area contributed by atoms with E-state index in [1.54, 1.807) is 0 Å². The Morgan fingerprint density at radius 3 is 2.42 bits per heavy atom. The molecule has 0 radical (unpaired) electrons. The van der Waals surface area contributed by atoms with E-state index in [0.717, 1.165) is 6.42 Å². The molecule has 0 saturated heterocycles. The van der Waals surface area contributed by atoms with Crippen LogP contribution in [0.1, 0.15) is 31.7 Å². The maximum atomic E-state index is 12.9. The summed E-state index contributed by atoms with van der Waals surface area (Å²) in [4.78, 5) is 0. The van der Waals surface area contributed by atoms with Gasteiger partial charge in [0.05, 0.1) is 5.69 Å². The smallest absolute Gasteiger partial charge is 0.150 e. The topological polar surface area (TPSA) is 35.2 Å². The van der Waals surface area contributed by atoms with Crippen LogP contribution in [0.4, 0.5) is 10.1 Å². The number of ether oxygens (including phenoxy) is 1. The molecule has 2 aromatic carbocycles. The van der Waals surface area contributed by atoms with Crippen LogP contribution in [0.2, 0.25) is 0 Å². The highest BCUT2D eigenvalue weighted by molar-refractivity contribution is 5.54. The first-order valence-electron chi connectivity index (χ1n) is 6.43.